The van der Waals surface area contributed by atoms with E-state index in [-0.39, 0.29) is 6.61 Å². The Morgan fingerprint density at radius 1 is 1.09 bits per heavy atom. The van der Waals surface area contributed by atoms with E-state index in [4.69, 9.17) is 4.74 Å². The van der Waals surface area contributed by atoms with E-state index in [1.807, 2.05) is 6.07 Å². The van der Waals surface area contributed by atoms with Gasteiger partial charge >= 0.3 is 12.1 Å². The molecule has 9 heteroatoms. The van der Waals surface area contributed by atoms with Crippen molar-refractivity contribution in [1.82, 2.24) is 15.2 Å². The van der Waals surface area contributed by atoms with Gasteiger partial charge in [0.05, 0.1) is 29.6 Å². The molecular formula is C23H17F3N4O2. The summed E-state index contributed by atoms with van der Waals surface area (Å²) in [7, 11) is 0. The molecule has 0 saturated heterocycles. The summed E-state index contributed by atoms with van der Waals surface area (Å²) < 4.78 is 43.4. The van der Waals surface area contributed by atoms with E-state index in [0.29, 0.717) is 39.1 Å². The zero-order valence-corrected chi connectivity index (χ0v) is 16.8. The van der Waals surface area contributed by atoms with Crippen LogP contribution in [-0.4, -0.2) is 27.8 Å². The van der Waals surface area contributed by atoms with Crippen molar-refractivity contribution in [3.8, 4) is 11.3 Å². The number of nitrogens with one attached hydrogen (secondary N) is 1. The molecule has 0 fully saturated rings. The van der Waals surface area contributed by atoms with Crippen molar-refractivity contribution in [2.75, 3.05) is 11.9 Å². The number of benzene rings is 2. The number of alkyl halides is 3. The Hall–Kier alpha value is -4.01. The molecule has 1 N–H and O–H groups in total. The van der Waals surface area contributed by atoms with Crippen molar-refractivity contribution in [3.05, 3.63) is 78.1 Å². The predicted molar refractivity (Wildman–Crippen MR) is 113 cm³/mol. The second-order valence-corrected chi connectivity index (χ2v) is 6.82. The normalized spacial score (nSPS) is 11.4. The van der Waals surface area contributed by atoms with Gasteiger partial charge in [-0.3, -0.25) is 4.98 Å². The first-order chi connectivity index (χ1) is 15.4. The number of anilines is 2. The van der Waals surface area contributed by atoms with Crippen LogP contribution in [0.2, 0.25) is 0 Å². The molecule has 2 heterocycles. The summed E-state index contributed by atoms with van der Waals surface area (Å²) in [5.41, 5.74) is 1.22. The highest BCUT2D eigenvalue weighted by Crippen LogP contribution is 2.32. The lowest BCUT2D eigenvalue weighted by atomic mass is 10.0. The molecule has 0 amide bonds. The van der Waals surface area contributed by atoms with E-state index in [1.165, 1.54) is 12.1 Å². The minimum absolute atomic E-state index is 0.249. The van der Waals surface area contributed by atoms with Gasteiger partial charge in [0.25, 0.3) is 0 Å². The van der Waals surface area contributed by atoms with Crippen molar-refractivity contribution in [2.45, 2.75) is 13.1 Å². The average Bonchev–Trinajstić information content (AvgIpc) is 2.79. The number of hydrogen-bond acceptors (Lipinski definition) is 6. The minimum atomic E-state index is -4.40. The second-order valence-electron chi connectivity index (χ2n) is 6.82. The third-order valence-electron chi connectivity index (χ3n) is 4.71. The van der Waals surface area contributed by atoms with Crippen LogP contribution >= 0.6 is 0 Å². The van der Waals surface area contributed by atoms with Gasteiger partial charge in [0.2, 0.25) is 0 Å². The van der Waals surface area contributed by atoms with E-state index in [9.17, 15) is 18.0 Å². The fourth-order valence-electron chi connectivity index (χ4n) is 3.22. The molecule has 0 aliphatic carbocycles. The molecule has 6 nitrogen and oxygen atoms in total. The van der Waals surface area contributed by atoms with Gasteiger partial charge in [-0.25, -0.2) is 4.79 Å². The monoisotopic (exact) mass is 438 g/mol. The molecule has 0 bridgehead atoms. The molecule has 0 spiro atoms. The van der Waals surface area contributed by atoms with Crippen molar-refractivity contribution in [2.24, 2.45) is 0 Å². The fraction of sp³-hybridized carbons (Fsp3) is 0.130. The zero-order valence-electron chi connectivity index (χ0n) is 16.8. The number of rotatable bonds is 5. The van der Waals surface area contributed by atoms with E-state index < -0.39 is 17.7 Å². The van der Waals surface area contributed by atoms with E-state index >= 15 is 0 Å². The first-order valence-corrected chi connectivity index (χ1v) is 9.69. The van der Waals surface area contributed by atoms with E-state index in [0.717, 1.165) is 12.1 Å². The maximum absolute atomic E-state index is 12.8. The number of fused-ring (bicyclic) bond motifs is 1. The van der Waals surface area contributed by atoms with Gasteiger partial charge in [-0.2, -0.15) is 18.3 Å². The van der Waals surface area contributed by atoms with E-state index in [1.54, 1.807) is 43.6 Å². The topological polar surface area (TPSA) is 77.0 Å². The SMILES string of the molecule is CCOC(=O)c1cccnc1-c1ccc2c(Nc3ccc(C(F)(F)F)cc3)nncc2c1. The summed E-state index contributed by atoms with van der Waals surface area (Å²) in [6.45, 7) is 1.98. The molecule has 0 radical (unpaired) electrons. The standard InChI is InChI=1S/C23H17F3N4O2/c1-2-32-22(31)19-4-3-11-27-20(19)14-5-10-18-15(12-14)13-28-30-21(18)29-17-8-6-16(7-9-17)23(24,25)26/h3-13H,2H2,1H3,(H,29,30). The van der Waals surface area contributed by atoms with Crippen LogP contribution in [0.4, 0.5) is 24.7 Å². The Morgan fingerprint density at radius 2 is 1.88 bits per heavy atom. The molecule has 0 aliphatic heterocycles. The van der Waals surface area contributed by atoms with Crippen molar-refractivity contribution < 1.29 is 22.7 Å². The first-order valence-electron chi connectivity index (χ1n) is 9.69. The Kier molecular flexibility index (Phi) is 5.72. The Bertz CT molecular complexity index is 1270. The van der Waals surface area contributed by atoms with Gasteiger partial charge < -0.3 is 10.1 Å². The van der Waals surface area contributed by atoms with Gasteiger partial charge in [-0.05, 0) is 55.5 Å². The van der Waals surface area contributed by atoms with Crippen LogP contribution in [0.25, 0.3) is 22.0 Å². The van der Waals surface area contributed by atoms with Crippen LogP contribution < -0.4 is 5.32 Å². The number of aromatic nitrogens is 3. The fourth-order valence-corrected chi connectivity index (χ4v) is 3.22. The van der Waals surface area contributed by atoms with Crippen molar-refractivity contribution >= 4 is 28.2 Å². The quantitative estimate of drug-likeness (QED) is 0.407. The third kappa shape index (κ3) is 4.36. The van der Waals surface area contributed by atoms with Gasteiger partial charge in [-0.1, -0.05) is 6.07 Å². The molecule has 2 aromatic carbocycles. The molecule has 4 aromatic rings. The van der Waals surface area contributed by atoms with Gasteiger partial charge in [0.1, 0.15) is 0 Å². The molecule has 0 aliphatic rings. The highest BCUT2D eigenvalue weighted by atomic mass is 19.4. The first kappa shape index (κ1) is 21.2. The summed E-state index contributed by atoms with van der Waals surface area (Å²) in [5.74, 6) is -0.0753. The number of ether oxygens (including phenoxy) is 1. The van der Waals surface area contributed by atoms with Crippen LogP contribution in [0.1, 0.15) is 22.8 Å². The summed E-state index contributed by atoms with van der Waals surface area (Å²) in [6.07, 6.45) is -1.25. The zero-order chi connectivity index (χ0) is 22.7. The maximum atomic E-state index is 12.8. The lowest BCUT2D eigenvalue weighted by Crippen LogP contribution is -2.07. The van der Waals surface area contributed by atoms with Gasteiger partial charge in [0, 0.05) is 28.2 Å². The minimum Gasteiger partial charge on any atom is -0.462 e. The lowest BCUT2D eigenvalue weighted by molar-refractivity contribution is -0.137. The van der Waals surface area contributed by atoms with Crippen LogP contribution in [0.3, 0.4) is 0 Å². The lowest BCUT2D eigenvalue weighted by Gasteiger charge is -2.12. The molecule has 0 atom stereocenters. The Balaban J connectivity index is 1.68. The number of pyridine rings is 1. The van der Waals surface area contributed by atoms with Crippen LogP contribution in [0.15, 0.2) is 67.0 Å². The molecule has 0 unspecified atom stereocenters. The average molecular weight is 438 g/mol. The molecule has 162 valence electrons. The van der Waals surface area contributed by atoms with Crippen molar-refractivity contribution in [3.63, 3.8) is 0 Å². The second kappa shape index (κ2) is 8.62. The highest BCUT2D eigenvalue weighted by Gasteiger charge is 2.30. The van der Waals surface area contributed by atoms with E-state index in [2.05, 4.69) is 20.5 Å². The summed E-state index contributed by atoms with van der Waals surface area (Å²) in [4.78, 5) is 16.6. The number of esters is 1. The number of carbonyl (C=O) groups is 1. The van der Waals surface area contributed by atoms with Gasteiger partial charge in [-0.15, -0.1) is 5.10 Å². The molecule has 4 rings (SSSR count). The summed E-state index contributed by atoms with van der Waals surface area (Å²) in [5, 5.41) is 12.5. The Morgan fingerprint density at radius 3 is 2.59 bits per heavy atom. The third-order valence-corrected chi connectivity index (χ3v) is 4.71. The molecule has 32 heavy (non-hydrogen) atoms. The predicted octanol–water partition coefficient (Wildman–Crippen LogP) is 5.63. The largest absolute Gasteiger partial charge is 0.462 e. The molecule has 2 aromatic heterocycles. The van der Waals surface area contributed by atoms with Crippen LogP contribution in [-0.2, 0) is 10.9 Å². The summed E-state index contributed by atoms with van der Waals surface area (Å²) in [6, 6.07) is 13.3. The number of halogens is 3. The molecule has 0 saturated carbocycles. The smallest absolute Gasteiger partial charge is 0.416 e. The highest BCUT2D eigenvalue weighted by molar-refractivity contribution is 5.99. The Labute approximate surface area is 181 Å². The van der Waals surface area contributed by atoms with Crippen LogP contribution in [0, 0.1) is 0 Å². The maximum Gasteiger partial charge on any atom is 0.416 e. The van der Waals surface area contributed by atoms with Crippen molar-refractivity contribution in [1.29, 1.82) is 0 Å². The number of hydrogen-bond donors (Lipinski definition) is 1. The van der Waals surface area contributed by atoms with Crippen LogP contribution in [0.5, 0.6) is 0 Å². The summed E-state index contributed by atoms with van der Waals surface area (Å²) >= 11 is 0. The molecular weight excluding hydrogens is 421 g/mol. The van der Waals surface area contributed by atoms with Gasteiger partial charge in [0.15, 0.2) is 5.82 Å². The number of carbonyl (C=O) groups excluding carboxylic acids is 1. The number of nitrogens with zero attached hydrogens (tertiary/aromatic N) is 3.